The van der Waals surface area contributed by atoms with E-state index in [1.54, 1.807) is 11.8 Å². The molecule has 0 aliphatic carbocycles. The molecule has 2 heterocycles. The van der Waals surface area contributed by atoms with Gasteiger partial charge < -0.3 is 4.57 Å². The van der Waals surface area contributed by atoms with Gasteiger partial charge in [-0.05, 0) is 29.5 Å². The second kappa shape index (κ2) is 6.97. The third-order valence-electron chi connectivity index (χ3n) is 4.86. The van der Waals surface area contributed by atoms with Crippen molar-refractivity contribution >= 4 is 33.8 Å². The Morgan fingerprint density at radius 2 is 1.70 bits per heavy atom. The van der Waals surface area contributed by atoms with Crippen LogP contribution in [0.3, 0.4) is 0 Å². The Bertz CT molecular complexity index is 1090. The Balaban J connectivity index is 1.60. The van der Waals surface area contributed by atoms with Crippen LogP contribution >= 0.6 is 11.8 Å². The molecule has 4 nitrogen and oxygen atoms in total. The number of aryl methyl sites for hydroxylation is 1. The van der Waals surface area contributed by atoms with Gasteiger partial charge in [-0.2, -0.15) is 0 Å². The molecule has 0 radical (unpaired) electrons. The number of para-hydroxylation sites is 1. The standard InChI is InChI=1S/C22H24N4S/c1-5-26-18-9-7-6-8-17(18)19-20(26)23-21(25-24-19)27-14-15-10-12-16(13-11-15)22(2,3)4/h6-13H,5,14H2,1-4H3. The number of nitrogens with zero attached hydrogens (tertiary/aromatic N) is 4. The van der Waals surface area contributed by atoms with E-state index in [-0.39, 0.29) is 5.41 Å². The minimum Gasteiger partial charge on any atom is -0.324 e. The van der Waals surface area contributed by atoms with Crippen molar-refractivity contribution in [3.05, 3.63) is 59.7 Å². The molecule has 5 heteroatoms. The van der Waals surface area contributed by atoms with Gasteiger partial charge in [-0.3, -0.25) is 0 Å². The molecule has 0 atom stereocenters. The van der Waals surface area contributed by atoms with Crippen LogP contribution in [0.2, 0.25) is 0 Å². The lowest BCUT2D eigenvalue weighted by atomic mass is 9.87. The van der Waals surface area contributed by atoms with E-state index in [2.05, 4.69) is 84.9 Å². The van der Waals surface area contributed by atoms with Crippen molar-refractivity contribution in [1.29, 1.82) is 0 Å². The van der Waals surface area contributed by atoms with Crippen molar-refractivity contribution in [3.8, 4) is 0 Å². The van der Waals surface area contributed by atoms with Crippen molar-refractivity contribution in [1.82, 2.24) is 19.7 Å². The highest BCUT2D eigenvalue weighted by atomic mass is 32.2. The van der Waals surface area contributed by atoms with Crippen molar-refractivity contribution in [2.45, 2.75) is 50.6 Å². The van der Waals surface area contributed by atoms with Gasteiger partial charge >= 0.3 is 0 Å². The summed E-state index contributed by atoms with van der Waals surface area (Å²) in [6.07, 6.45) is 0. The number of thioether (sulfide) groups is 1. The van der Waals surface area contributed by atoms with E-state index in [1.807, 2.05) is 6.07 Å². The highest BCUT2D eigenvalue weighted by Crippen LogP contribution is 2.28. The summed E-state index contributed by atoms with van der Waals surface area (Å²) in [6.45, 7) is 9.70. The molecule has 0 spiro atoms. The lowest BCUT2D eigenvalue weighted by molar-refractivity contribution is 0.590. The van der Waals surface area contributed by atoms with Gasteiger partial charge in [0.1, 0.15) is 5.52 Å². The summed E-state index contributed by atoms with van der Waals surface area (Å²) in [7, 11) is 0. The van der Waals surface area contributed by atoms with Gasteiger partial charge in [0.05, 0.1) is 5.52 Å². The maximum Gasteiger partial charge on any atom is 0.211 e. The monoisotopic (exact) mass is 376 g/mol. The molecule has 0 unspecified atom stereocenters. The zero-order valence-corrected chi connectivity index (χ0v) is 17.0. The third kappa shape index (κ3) is 3.44. The molecule has 27 heavy (non-hydrogen) atoms. The summed E-state index contributed by atoms with van der Waals surface area (Å²) in [5.74, 6) is 0.837. The summed E-state index contributed by atoms with van der Waals surface area (Å²) >= 11 is 1.63. The van der Waals surface area contributed by atoms with Crippen molar-refractivity contribution in [2.75, 3.05) is 0 Å². The molecule has 0 saturated carbocycles. The van der Waals surface area contributed by atoms with E-state index < -0.39 is 0 Å². The van der Waals surface area contributed by atoms with Crippen LogP contribution in [0.25, 0.3) is 22.1 Å². The number of rotatable bonds is 4. The lowest BCUT2D eigenvalue weighted by Crippen LogP contribution is -2.10. The molecule has 4 rings (SSSR count). The van der Waals surface area contributed by atoms with Crippen LogP contribution in [-0.4, -0.2) is 19.7 Å². The zero-order chi connectivity index (χ0) is 19.0. The number of fused-ring (bicyclic) bond motifs is 3. The Hall–Kier alpha value is -2.40. The molecule has 0 saturated heterocycles. The number of benzene rings is 2. The van der Waals surface area contributed by atoms with Crippen LogP contribution < -0.4 is 0 Å². The fraction of sp³-hybridized carbons (Fsp3) is 0.318. The van der Waals surface area contributed by atoms with E-state index in [9.17, 15) is 0 Å². The highest BCUT2D eigenvalue weighted by molar-refractivity contribution is 7.98. The molecular weight excluding hydrogens is 352 g/mol. The van der Waals surface area contributed by atoms with Gasteiger partial charge in [0.25, 0.3) is 0 Å². The van der Waals surface area contributed by atoms with Crippen molar-refractivity contribution in [2.24, 2.45) is 0 Å². The molecule has 2 aromatic carbocycles. The van der Waals surface area contributed by atoms with Gasteiger partial charge in [0.15, 0.2) is 5.65 Å². The zero-order valence-electron chi connectivity index (χ0n) is 16.2. The molecule has 0 fully saturated rings. The lowest BCUT2D eigenvalue weighted by Gasteiger charge is -2.19. The van der Waals surface area contributed by atoms with Crippen LogP contribution in [0.1, 0.15) is 38.8 Å². The van der Waals surface area contributed by atoms with Crippen LogP contribution in [-0.2, 0) is 17.7 Å². The Kier molecular flexibility index (Phi) is 4.64. The van der Waals surface area contributed by atoms with Crippen LogP contribution in [0.15, 0.2) is 53.7 Å². The van der Waals surface area contributed by atoms with Gasteiger partial charge in [-0.15, -0.1) is 10.2 Å². The fourth-order valence-electron chi connectivity index (χ4n) is 3.32. The molecule has 138 valence electrons. The fourth-order valence-corrected chi connectivity index (χ4v) is 4.06. The summed E-state index contributed by atoms with van der Waals surface area (Å²) in [4.78, 5) is 4.81. The largest absolute Gasteiger partial charge is 0.324 e. The average Bonchev–Trinajstić information content (AvgIpc) is 2.99. The van der Waals surface area contributed by atoms with Gasteiger partial charge in [-0.25, -0.2) is 4.98 Å². The summed E-state index contributed by atoms with van der Waals surface area (Å²) in [5, 5.41) is 10.7. The molecule has 2 aromatic heterocycles. The summed E-state index contributed by atoms with van der Waals surface area (Å²) < 4.78 is 2.21. The third-order valence-corrected chi connectivity index (χ3v) is 5.77. The Morgan fingerprint density at radius 3 is 2.41 bits per heavy atom. The quantitative estimate of drug-likeness (QED) is 0.436. The van der Waals surface area contributed by atoms with Crippen LogP contribution in [0.5, 0.6) is 0 Å². The first kappa shape index (κ1) is 18.0. The first-order valence-electron chi connectivity index (χ1n) is 9.31. The molecule has 0 amide bonds. The van der Waals surface area contributed by atoms with Gasteiger partial charge in [-0.1, -0.05) is 75.0 Å². The minimum absolute atomic E-state index is 0.178. The second-order valence-electron chi connectivity index (χ2n) is 7.76. The van der Waals surface area contributed by atoms with E-state index in [0.717, 1.165) is 39.5 Å². The van der Waals surface area contributed by atoms with E-state index in [4.69, 9.17) is 4.98 Å². The maximum absolute atomic E-state index is 4.81. The molecule has 0 bridgehead atoms. The number of aromatic nitrogens is 4. The normalized spacial score (nSPS) is 12.1. The van der Waals surface area contributed by atoms with Crippen LogP contribution in [0.4, 0.5) is 0 Å². The van der Waals surface area contributed by atoms with E-state index >= 15 is 0 Å². The second-order valence-corrected chi connectivity index (χ2v) is 8.71. The molecule has 0 aliphatic heterocycles. The summed E-state index contributed by atoms with van der Waals surface area (Å²) in [6, 6.07) is 17.1. The van der Waals surface area contributed by atoms with Gasteiger partial charge in [0, 0.05) is 17.7 Å². The highest BCUT2D eigenvalue weighted by Gasteiger charge is 2.15. The van der Waals surface area contributed by atoms with Crippen LogP contribution in [0, 0.1) is 0 Å². The van der Waals surface area contributed by atoms with Crippen molar-refractivity contribution in [3.63, 3.8) is 0 Å². The minimum atomic E-state index is 0.178. The van der Waals surface area contributed by atoms with Crippen molar-refractivity contribution < 1.29 is 0 Å². The number of hydrogen-bond acceptors (Lipinski definition) is 4. The van der Waals surface area contributed by atoms with E-state index in [0.29, 0.717) is 0 Å². The van der Waals surface area contributed by atoms with Gasteiger partial charge in [0.2, 0.25) is 5.16 Å². The molecule has 4 aromatic rings. The predicted octanol–water partition coefficient (Wildman–Crippen LogP) is 5.59. The first-order chi connectivity index (χ1) is 13.0. The molecule has 0 N–H and O–H groups in total. The summed E-state index contributed by atoms with van der Waals surface area (Å²) in [5.41, 5.74) is 5.76. The average molecular weight is 377 g/mol. The Labute approximate surface area is 164 Å². The topological polar surface area (TPSA) is 43.6 Å². The van der Waals surface area contributed by atoms with E-state index in [1.165, 1.54) is 11.1 Å². The Morgan fingerprint density at radius 1 is 0.963 bits per heavy atom. The molecule has 0 aliphatic rings. The SMILES string of the molecule is CCn1c2ccccc2c2nnc(SCc3ccc(C(C)(C)C)cc3)nc21. The smallest absolute Gasteiger partial charge is 0.211 e. The first-order valence-corrected chi connectivity index (χ1v) is 10.3. The predicted molar refractivity (Wildman–Crippen MR) is 113 cm³/mol. The molecular formula is C22H24N4S. The number of hydrogen-bond donors (Lipinski definition) is 0. The maximum atomic E-state index is 4.81.